The number of amides is 2. The number of unbranched alkanes of at least 4 members (excludes halogenated alkanes) is 1. The van der Waals surface area contributed by atoms with E-state index >= 15 is 0 Å². The zero-order valence-corrected chi connectivity index (χ0v) is 18.5. The fourth-order valence-corrected chi connectivity index (χ4v) is 4.79. The molecule has 5 nitrogen and oxygen atoms in total. The number of hydrogen-bond donors (Lipinski definition) is 1. The molecule has 5 heteroatoms. The normalized spacial score (nSPS) is 22.4. The fraction of sp³-hybridized carbons (Fsp3) is 0.667. The molecule has 160 valence electrons. The Hall–Kier alpha value is -1.88. The van der Waals surface area contributed by atoms with Gasteiger partial charge in [0, 0.05) is 26.2 Å². The summed E-state index contributed by atoms with van der Waals surface area (Å²) in [5.74, 6) is 0.565. The minimum absolute atomic E-state index is 0.0639. The van der Waals surface area contributed by atoms with Gasteiger partial charge in [0.2, 0.25) is 11.8 Å². The predicted octanol–water partition coefficient (Wildman–Crippen LogP) is 3.50. The average Bonchev–Trinajstić information content (AvgIpc) is 2.67. The van der Waals surface area contributed by atoms with E-state index in [1.54, 1.807) is 0 Å². The smallest absolute Gasteiger partial charge is 0.246 e. The molecule has 0 radical (unpaired) electrons. The van der Waals surface area contributed by atoms with Crippen LogP contribution in [0.3, 0.4) is 0 Å². The molecule has 2 amide bonds. The second-order valence-electron chi connectivity index (χ2n) is 9.30. The van der Waals surface area contributed by atoms with Crippen molar-refractivity contribution in [3.8, 4) is 0 Å². The van der Waals surface area contributed by atoms with Crippen molar-refractivity contribution in [3.05, 3.63) is 35.4 Å². The van der Waals surface area contributed by atoms with Crippen molar-refractivity contribution >= 4 is 11.8 Å². The van der Waals surface area contributed by atoms with Crippen molar-refractivity contribution in [1.29, 1.82) is 0 Å². The van der Waals surface area contributed by atoms with Gasteiger partial charge in [-0.05, 0) is 44.1 Å². The monoisotopic (exact) mass is 399 g/mol. The summed E-state index contributed by atoms with van der Waals surface area (Å²) in [6.07, 6.45) is 4.11. The highest BCUT2D eigenvalue weighted by Crippen LogP contribution is 2.34. The minimum atomic E-state index is -0.664. The van der Waals surface area contributed by atoms with Crippen LogP contribution < -0.4 is 5.32 Å². The summed E-state index contributed by atoms with van der Waals surface area (Å²) in [5, 5.41) is 3.09. The van der Waals surface area contributed by atoms with Gasteiger partial charge in [0.15, 0.2) is 0 Å². The maximum absolute atomic E-state index is 13.3. The SMILES string of the molecule is CCCCN1C(=O)C(CC(C)C)NC(=O)C12CCN(Cc1cccc(C)c1)CC2. The first kappa shape index (κ1) is 21.8. The van der Waals surface area contributed by atoms with Crippen LogP contribution in [0.1, 0.15) is 64.0 Å². The van der Waals surface area contributed by atoms with Crippen LogP contribution in [-0.4, -0.2) is 52.8 Å². The Bertz CT molecular complexity index is 723. The summed E-state index contributed by atoms with van der Waals surface area (Å²) in [6, 6.07) is 8.25. The van der Waals surface area contributed by atoms with E-state index in [9.17, 15) is 9.59 Å². The van der Waals surface area contributed by atoms with Crippen LogP contribution in [-0.2, 0) is 16.1 Å². The van der Waals surface area contributed by atoms with Gasteiger partial charge in [-0.2, -0.15) is 0 Å². The van der Waals surface area contributed by atoms with E-state index in [0.29, 0.717) is 31.7 Å². The van der Waals surface area contributed by atoms with E-state index in [-0.39, 0.29) is 17.9 Å². The van der Waals surface area contributed by atoms with Crippen molar-refractivity contribution in [2.24, 2.45) is 5.92 Å². The number of rotatable bonds is 7. The molecule has 1 atom stereocenters. The number of carbonyl (C=O) groups is 2. The lowest BCUT2D eigenvalue weighted by Crippen LogP contribution is -2.73. The first-order valence-electron chi connectivity index (χ1n) is 11.3. The Morgan fingerprint density at radius 3 is 2.55 bits per heavy atom. The highest BCUT2D eigenvalue weighted by atomic mass is 16.2. The van der Waals surface area contributed by atoms with Gasteiger partial charge in [-0.25, -0.2) is 0 Å². The van der Waals surface area contributed by atoms with E-state index in [0.717, 1.165) is 32.5 Å². The summed E-state index contributed by atoms with van der Waals surface area (Å²) < 4.78 is 0. The van der Waals surface area contributed by atoms with Gasteiger partial charge < -0.3 is 10.2 Å². The number of carbonyl (C=O) groups excluding carboxylic acids is 2. The van der Waals surface area contributed by atoms with Gasteiger partial charge in [-0.1, -0.05) is 57.0 Å². The fourth-order valence-electron chi connectivity index (χ4n) is 4.79. The van der Waals surface area contributed by atoms with Crippen molar-refractivity contribution in [2.75, 3.05) is 19.6 Å². The number of hydrogen-bond acceptors (Lipinski definition) is 3. The molecule has 0 aromatic heterocycles. The predicted molar refractivity (Wildman–Crippen MR) is 116 cm³/mol. The van der Waals surface area contributed by atoms with Crippen LogP contribution in [0.2, 0.25) is 0 Å². The molecule has 2 aliphatic rings. The Morgan fingerprint density at radius 1 is 1.21 bits per heavy atom. The van der Waals surface area contributed by atoms with E-state index in [2.05, 4.69) is 62.2 Å². The molecule has 1 N–H and O–H groups in total. The molecule has 1 spiro atoms. The van der Waals surface area contributed by atoms with Crippen LogP contribution in [0.25, 0.3) is 0 Å². The number of benzene rings is 1. The molecule has 0 bridgehead atoms. The van der Waals surface area contributed by atoms with E-state index in [1.165, 1.54) is 11.1 Å². The molecule has 0 aliphatic carbocycles. The number of nitrogens with zero attached hydrogens (tertiary/aromatic N) is 2. The molecule has 2 aliphatic heterocycles. The van der Waals surface area contributed by atoms with Crippen molar-refractivity contribution in [1.82, 2.24) is 15.1 Å². The van der Waals surface area contributed by atoms with Crippen LogP contribution in [0.15, 0.2) is 24.3 Å². The number of nitrogens with one attached hydrogen (secondary N) is 1. The molecule has 0 saturated carbocycles. The van der Waals surface area contributed by atoms with Crippen molar-refractivity contribution < 1.29 is 9.59 Å². The molecule has 3 rings (SSSR count). The summed E-state index contributed by atoms with van der Waals surface area (Å²) in [5.41, 5.74) is 1.92. The summed E-state index contributed by atoms with van der Waals surface area (Å²) in [7, 11) is 0. The van der Waals surface area contributed by atoms with Gasteiger partial charge >= 0.3 is 0 Å². The van der Waals surface area contributed by atoms with Crippen LogP contribution >= 0.6 is 0 Å². The van der Waals surface area contributed by atoms with Crippen LogP contribution in [0.5, 0.6) is 0 Å². The van der Waals surface area contributed by atoms with Gasteiger partial charge in [0.25, 0.3) is 0 Å². The van der Waals surface area contributed by atoms with Gasteiger partial charge in [0.05, 0.1) is 0 Å². The number of likely N-dealkylation sites (tertiary alicyclic amines) is 1. The third-order valence-electron chi connectivity index (χ3n) is 6.42. The lowest BCUT2D eigenvalue weighted by molar-refractivity contribution is -0.161. The second-order valence-corrected chi connectivity index (χ2v) is 9.30. The summed E-state index contributed by atoms with van der Waals surface area (Å²) in [6.45, 7) is 11.7. The average molecular weight is 400 g/mol. The first-order chi connectivity index (χ1) is 13.9. The summed E-state index contributed by atoms with van der Waals surface area (Å²) in [4.78, 5) is 30.9. The molecule has 29 heavy (non-hydrogen) atoms. The molecule has 1 aromatic rings. The lowest BCUT2D eigenvalue weighted by Gasteiger charge is -2.52. The molecular formula is C24H37N3O2. The quantitative estimate of drug-likeness (QED) is 0.763. The van der Waals surface area contributed by atoms with Gasteiger partial charge in [-0.3, -0.25) is 14.5 Å². The molecule has 2 fully saturated rings. The Balaban J connectivity index is 1.73. The number of piperazine rings is 1. The number of aryl methyl sites for hydroxylation is 1. The second kappa shape index (κ2) is 9.29. The zero-order chi connectivity index (χ0) is 21.0. The maximum Gasteiger partial charge on any atom is 0.246 e. The highest BCUT2D eigenvalue weighted by Gasteiger charge is 2.53. The molecule has 2 heterocycles. The third kappa shape index (κ3) is 4.82. The largest absolute Gasteiger partial charge is 0.342 e. The minimum Gasteiger partial charge on any atom is -0.342 e. The Labute approximate surface area is 175 Å². The van der Waals surface area contributed by atoms with E-state index in [1.807, 2.05) is 4.90 Å². The topological polar surface area (TPSA) is 52.7 Å². The van der Waals surface area contributed by atoms with E-state index < -0.39 is 5.54 Å². The Kier molecular flexibility index (Phi) is 6.99. The van der Waals surface area contributed by atoms with Crippen molar-refractivity contribution in [2.45, 2.75) is 77.9 Å². The maximum atomic E-state index is 13.3. The first-order valence-corrected chi connectivity index (χ1v) is 11.3. The summed E-state index contributed by atoms with van der Waals surface area (Å²) >= 11 is 0. The molecule has 2 saturated heterocycles. The third-order valence-corrected chi connectivity index (χ3v) is 6.42. The van der Waals surface area contributed by atoms with Crippen LogP contribution in [0, 0.1) is 12.8 Å². The molecule has 1 unspecified atom stereocenters. The number of piperidine rings is 1. The lowest BCUT2D eigenvalue weighted by atomic mass is 9.80. The standard InChI is InChI=1S/C24H37N3O2/c1-5-6-12-27-22(28)21(15-18(2)3)25-23(29)24(27)10-13-26(14-11-24)17-20-9-7-8-19(4)16-20/h7-9,16,18,21H,5-6,10-15,17H2,1-4H3,(H,25,29). The Morgan fingerprint density at radius 2 is 1.93 bits per heavy atom. The molecular weight excluding hydrogens is 362 g/mol. The van der Waals surface area contributed by atoms with Gasteiger partial charge in [0.1, 0.15) is 11.6 Å². The van der Waals surface area contributed by atoms with Crippen LogP contribution in [0.4, 0.5) is 0 Å². The van der Waals surface area contributed by atoms with Crippen molar-refractivity contribution in [3.63, 3.8) is 0 Å². The zero-order valence-electron chi connectivity index (χ0n) is 18.5. The van der Waals surface area contributed by atoms with E-state index in [4.69, 9.17) is 0 Å². The van der Waals surface area contributed by atoms with Gasteiger partial charge in [-0.15, -0.1) is 0 Å². The highest BCUT2D eigenvalue weighted by molar-refractivity contribution is 6.00. The molecule has 1 aromatic carbocycles.